The average molecular weight is 440 g/mol. The molecule has 0 bridgehead atoms. The summed E-state index contributed by atoms with van der Waals surface area (Å²) in [6, 6.07) is 12.2. The van der Waals surface area contributed by atoms with E-state index in [2.05, 4.69) is 4.99 Å². The Bertz CT molecular complexity index is 1420. The van der Waals surface area contributed by atoms with Gasteiger partial charge in [-0.05, 0) is 17.7 Å². The van der Waals surface area contributed by atoms with Crippen molar-refractivity contribution in [2.45, 2.75) is 5.92 Å². The van der Waals surface area contributed by atoms with E-state index in [0.29, 0.717) is 32.4 Å². The fourth-order valence-electron chi connectivity index (χ4n) is 4.46. The number of fused-ring (bicyclic) bond motifs is 4. The van der Waals surface area contributed by atoms with Crippen LogP contribution in [0.15, 0.2) is 57.0 Å². The molecule has 1 aliphatic carbocycles. The van der Waals surface area contributed by atoms with Crippen LogP contribution in [0.4, 0.5) is 5.82 Å². The third-order valence-corrected chi connectivity index (χ3v) is 6.44. The number of aliphatic imine (C=N–C) groups is 1. The van der Waals surface area contributed by atoms with Crippen LogP contribution >= 0.6 is 23.2 Å². The molecule has 3 aromatic rings. The fraction of sp³-hybridized carbons (Fsp3) is 0.182. The number of hydrogen-bond acceptors (Lipinski definition) is 4. The second-order valence-electron chi connectivity index (χ2n) is 7.47. The highest BCUT2D eigenvalue weighted by molar-refractivity contribution is 6.35. The van der Waals surface area contributed by atoms with Crippen molar-refractivity contribution in [3.63, 3.8) is 0 Å². The maximum absolute atomic E-state index is 13.4. The first-order valence-electron chi connectivity index (χ1n) is 9.28. The molecule has 0 amide bonds. The number of carbonyl (C=O) groups is 1. The molecule has 0 saturated heterocycles. The van der Waals surface area contributed by atoms with Gasteiger partial charge < -0.3 is 0 Å². The predicted octanol–water partition coefficient (Wildman–Crippen LogP) is 3.47. The summed E-state index contributed by atoms with van der Waals surface area (Å²) in [5.41, 5.74) is 1.70. The van der Waals surface area contributed by atoms with Crippen molar-refractivity contribution in [1.29, 1.82) is 0 Å². The summed E-state index contributed by atoms with van der Waals surface area (Å²) in [5, 5.41) is 0.794. The maximum Gasteiger partial charge on any atom is 0.332 e. The van der Waals surface area contributed by atoms with Crippen LogP contribution in [0.25, 0.3) is 0 Å². The molecule has 1 aliphatic heterocycles. The van der Waals surface area contributed by atoms with Gasteiger partial charge in [0.1, 0.15) is 5.82 Å². The SMILES string of the molecule is Cn1c2c(c(=O)n(C)c1=O)[C@@H](c1ccc(Cl)cc1Cl)[C@H]1C(=O)c3ccccc3C1=N2. The molecule has 0 radical (unpaired) electrons. The topological polar surface area (TPSA) is 73.4 Å². The third kappa shape index (κ3) is 2.44. The number of Topliss-reactive ketones (excluding diaryl/α,β-unsaturated/α-hetero) is 1. The lowest BCUT2D eigenvalue weighted by Gasteiger charge is -2.30. The Morgan fingerprint density at radius 3 is 2.30 bits per heavy atom. The number of ketones is 1. The summed E-state index contributed by atoms with van der Waals surface area (Å²) >= 11 is 12.6. The van der Waals surface area contributed by atoms with E-state index < -0.39 is 23.1 Å². The summed E-state index contributed by atoms with van der Waals surface area (Å²) in [7, 11) is 2.98. The van der Waals surface area contributed by atoms with Crippen molar-refractivity contribution >= 4 is 40.5 Å². The number of nitrogens with zero attached hydrogens (tertiary/aromatic N) is 3. The van der Waals surface area contributed by atoms with E-state index >= 15 is 0 Å². The van der Waals surface area contributed by atoms with Crippen LogP contribution in [0, 0.1) is 5.92 Å². The van der Waals surface area contributed by atoms with Crippen LogP contribution < -0.4 is 11.2 Å². The zero-order valence-corrected chi connectivity index (χ0v) is 17.5. The molecular formula is C22H15Cl2N3O3. The molecule has 8 heteroatoms. The van der Waals surface area contributed by atoms with Crippen LogP contribution in [-0.2, 0) is 14.1 Å². The molecule has 2 atom stereocenters. The van der Waals surface area contributed by atoms with E-state index in [1.165, 1.54) is 11.6 Å². The highest BCUT2D eigenvalue weighted by atomic mass is 35.5. The number of rotatable bonds is 1. The second kappa shape index (κ2) is 6.52. The lowest BCUT2D eigenvalue weighted by Crippen LogP contribution is -2.43. The quantitative estimate of drug-likeness (QED) is 0.582. The monoisotopic (exact) mass is 439 g/mol. The Balaban J connectivity index is 1.92. The predicted molar refractivity (Wildman–Crippen MR) is 116 cm³/mol. The van der Waals surface area contributed by atoms with Gasteiger partial charge in [0.05, 0.1) is 17.2 Å². The van der Waals surface area contributed by atoms with E-state index in [0.717, 1.165) is 4.57 Å². The third-order valence-electron chi connectivity index (χ3n) is 5.88. The van der Waals surface area contributed by atoms with Gasteiger partial charge in [-0.15, -0.1) is 0 Å². The number of halogens is 2. The molecule has 0 spiro atoms. The molecule has 0 N–H and O–H groups in total. The zero-order valence-electron chi connectivity index (χ0n) is 16.0. The molecule has 30 heavy (non-hydrogen) atoms. The van der Waals surface area contributed by atoms with Gasteiger partial charge in [-0.1, -0.05) is 53.5 Å². The molecule has 2 heterocycles. The van der Waals surface area contributed by atoms with Crippen LogP contribution in [0.2, 0.25) is 10.0 Å². The van der Waals surface area contributed by atoms with E-state index in [1.54, 1.807) is 37.4 Å². The summed E-state index contributed by atoms with van der Waals surface area (Å²) in [4.78, 5) is 43.9. The molecular weight excluding hydrogens is 425 g/mol. The highest BCUT2D eigenvalue weighted by Gasteiger charge is 2.48. The smallest absolute Gasteiger partial charge is 0.293 e. The van der Waals surface area contributed by atoms with Crippen LogP contribution in [-0.4, -0.2) is 20.6 Å². The standard InChI is InChI=1S/C22H15Cl2N3O3/c1-26-20-17(21(29)27(2)22(26)30)15(13-8-7-10(23)9-14(13)24)16-18(25-20)11-5-3-4-6-12(11)19(16)28/h3-9,15-16H,1-2H3/t15-,16+/m0/s1. The Morgan fingerprint density at radius 2 is 1.60 bits per heavy atom. The second-order valence-corrected chi connectivity index (χ2v) is 8.31. The molecule has 2 aromatic carbocycles. The van der Waals surface area contributed by atoms with E-state index in [9.17, 15) is 14.4 Å². The largest absolute Gasteiger partial charge is 0.332 e. The lowest BCUT2D eigenvalue weighted by molar-refractivity contribution is 0.0953. The number of carbonyl (C=O) groups excluding carboxylic acids is 1. The Labute approximate surface area is 181 Å². The van der Waals surface area contributed by atoms with Gasteiger partial charge in [-0.2, -0.15) is 0 Å². The van der Waals surface area contributed by atoms with Crippen LogP contribution in [0.5, 0.6) is 0 Å². The minimum atomic E-state index is -0.709. The van der Waals surface area contributed by atoms with Crippen molar-refractivity contribution in [2.75, 3.05) is 0 Å². The summed E-state index contributed by atoms with van der Waals surface area (Å²) in [6.07, 6.45) is 0. The molecule has 2 aliphatic rings. The average Bonchev–Trinajstić information content (AvgIpc) is 3.02. The number of aromatic nitrogens is 2. The van der Waals surface area contributed by atoms with E-state index in [1.807, 2.05) is 12.1 Å². The van der Waals surface area contributed by atoms with Gasteiger partial charge in [0, 0.05) is 41.2 Å². The number of benzene rings is 2. The van der Waals surface area contributed by atoms with Crippen LogP contribution in [0.3, 0.4) is 0 Å². The van der Waals surface area contributed by atoms with Gasteiger partial charge in [-0.3, -0.25) is 18.7 Å². The first kappa shape index (κ1) is 19.0. The van der Waals surface area contributed by atoms with Crippen molar-refractivity contribution in [3.05, 3.63) is 95.6 Å². The minimum absolute atomic E-state index is 0.123. The maximum atomic E-state index is 13.4. The fourth-order valence-corrected chi connectivity index (χ4v) is 4.98. The van der Waals surface area contributed by atoms with E-state index in [-0.39, 0.29) is 17.2 Å². The minimum Gasteiger partial charge on any atom is -0.293 e. The summed E-state index contributed by atoms with van der Waals surface area (Å²) < 4.78 is 2.37. The first-order chi connectivity index (χ1) is 14.3. The highest BCUT2D eigenvalue weighted by Crippen LogP contribution is 2.48. The Kier molecular flexibility index (Phi) is 4.14. The normalized spacial score (nSPS) is 19.2. The molecule has 6 nitrogen and oxygen atoms in total. The van der Waals surface area contributed by atoms with Gasteiger partial charge in [0.2, 0.25) is 0 Å². The van der Waals surface area contributed by atoms with Gasteiger partial charge >= 0.3 is 5.69 Å². The van der Waals surface area contributed by atoms with Gasteiger partial charge in [0.15, 0.2) is 5.78 Å². The van der Waals surface area contributed by atoms with Crippen molar-refractivity contribution in [2.24, 2.45) is 25.0 Å². The zero-order chi connectivity index (χ0) is 21.3. The molecule has 0 unspecified atom stereocenters. The van der Waals surface area contributed by atoms with Gasteiger partial charge in [-0.25, -0.2) is 9.79 Å². The molecule has 0 fully saturated rings. The van der Waals surface area contributed by atoms with Crippen LogP contribution in [0.1, 0.15) is 33.0 Å². The number of hydrogen-bond donors (Lipinski definition) is 0. The summed E-state index contributed by atoms with van der Waals surface area (Å²) in [6.45, 7) is 0. The van der Waals surface area contributed by atoms with Gasteiger partial charge in [0.25, 0.3) is 5.56 Å². The molecule has 0 saturated carbocycles. The lowest BCUT2D eigenvalue weighted by atomic mass is 9.76. The molecule has 150 valence electrons. The summed E-state index contributed by atoms with van der Waals surface area (Å²) in [5.74, 6) is -1.28. The Morgan fingerprint density at radius 1 is 0.900 bits per heavy atom. The van der Waals surface area contributed by atoms with Crippen molar-refractivity contribution < 1.29 is 4.79 Å². The van der Waals surface area contributed by atoms with E-state index in [4.69, 9.17) is 23.2 Å². The first-order valence-corrected chi connectivity index (χ1v) is 10.0. The molecule has 1 aromatic heterocycles. The van der Waals surface area contributed by atoms with Crippen molar-refractivity contribution in [1.82, 2.24) is 9.13 Å². The molecule has 5 rings (SSSR count). The van der Waals surface area contributed by atoms with Crippen molar-refractivity contribution in [3.8, 4) is 0 Å². The Hall–Kier alpha value is -2.96.